The van der Waals surface area contributed by atoms with Gasteiger partial charge in [0.25, 0.3) is 0 Å². The Kier molecular flexibility index (Phi) is 4.46. The van der Waals surface area contributed by atoms with Crippen molar-refractivity contribution in [2.45, 2.75) is 24.6 Å². The fourth-order valence-corrected chi connectivity index (χ4v) is 2.31. The number of alkyl halides is 3. The number of hydrogen-bond donors (Lipinski definition) is 2. The third-order valence-electron chi connectivity index (χ3n) is 3.39. The van der Waals surface area contributed by atoms with E-state index in [0.717, 1.165) is 6.07 Å². The van der Waals surface area contributed by atoms with E-state index in [9.17, 15) is 18.0 Å². The Hall–Kier alpha value is -1.31. The minimum Gasteiger partial charge on any atom is -0.381 e. The van der Waals surface area contributed by atoms with Crippen molar-refractivity contribution in [2.75, 3.05) is 18.5 Å². The van der Waals surface area contributed by atoms with Gasteiger partial charge in [-0.1, -0.05) is 17.7 Å². The number of halogens is 4. The Balaban J connectivity index is 2.29. The van der Waals surface area contributed by atoms with Gasteiger partial charge in [0.2, 0.25) is 5.91 Å². The van der Waals surface area contributed by atoms with Crippen molar-refractivity contribution < 1.29 is 22.7 Å². The second-order valence-electron chi connectivity index (χ2n) is 4.88. The summed E-state index contributed by atoms with van der Waals surface area (Å²) in [7, 11) is 0. The number of anilines is 1. The standard InChI is InChI=1S/C13H14ClF3N2O2/c14-9-3-1-2-8(13(15,16)17)10(9)19-11(20)12(18)4-6-21-7-5-12/h1-3H,4-7,18H2,(H,19,20). The van der Waals surface area contributed by atoms with Crippen molar-refractivity contribution in [1.82, 2.24) is 0 Å². The fourth-order valence-electron chi connectivity index (χ4n) is 2.09. The van der Waals surface area contributed by atoms with Crippen molar-refractivity contribution in [2.24, 2.45) is 5.73 Å². The highest BCUT2D eigenvalue weighted by molar-refractivity contribution is 6.34. The summed E-state index contributed by atoms with van der Waals surface area (Å²) in [6.45, 7) is 0.580. The first-order valence-corrected chi connectivity index (χ1v) is 6.66. The summed E-state index contributed by atoms with van der Waals surface area (Å²) >= 11 is 5.78. The van der Waals surface area contributed by atoms with Crippen molar-refractivity contribution in [3.63, 3.8) is 0 Å². The normalized spacial score (nSPS) is 18.3. The Morgan fingerprint density at radius 2 is 1.95 bits per heavy atom. The van der Waals surface area contributed by atoms with Crippen LogP contribution >= 0.6 is 11.6 Å². The lowest BCUT2D eigenvalue weighted by atomic mass is 9.90. The van der Waals surface area contributed by atoms with Crippen LogP contribution in [0.3, 0.4) is 0 Å². The van der Waals surface area contributed by atoms with Crippen LogP contribution in [-0.2, 0) is 15.7 Å². The molecular weight excluding hydrogens is 309 g/mol. The van der Waals surface area contributed by atoms with E-state index in [-0.39, 0.29) is 17.9 Å². The lowest BCUT2D eigenvalue weighted by Crippen LogP contribution is -2.54. The fraction of sp³-hybridized carbons (Fsp3) is 0.462. The number of rotatable bonds is 2. The molecule has 1 heterocycles. The molecule has 1 aromatic rings. The maximum Gasteiger partial charge on any atom is 0.418 e. The molecule has 8 heteroatoms. The van der Waals surface area contributed by atoms with Gasteiger partial charge < -0.3 is 15.8 Å². The maximum atomic E-state index is 13.0. The summed E-state index contributed by atoms with van der Waals surface area (Å²) in [5.74, 6) is -0.690. The van der Waals surface area contributed by atoms with E-state index in [1.807, 2.05) is 0 Å². The number of carbonyl (C=O) groups excluding carboxylic acids is 1. The molecule has 2 rings (SSSR count). The van der Waals surface area contributed by atoms with Crippen molar-refractivity contribution in [3.05, 3.63) is 28.8 Å². The van der Waals surface area contributed by atoms with E-state index >= 15 is 0 Å². The highest BCUT2D eigenvalue weighted by Crippen LogP contribution is 2.39. The monoisotopic (exact) mass is 322 g/mol. The zero-order chi connectivity index (χ0) is 15.7. The molecule has 0 bridgehead atoms. The molecule has 1 aliphatic heterocycles. The number of amides is 1. The average molecular weight is 323 g/mol. The molecule has 1 aromatic carbocycles. The molecule has 0 radical (unpaired) electrons. The minimum absolute atomic E-state index is 0.186. The van der Waals surface area contributed by atoms with Gasteiger partial charge in [0.05, 0.1) is 16.3 Å². The number of hydrogen-bond acceptors (Lipinski definition) is 3. The predicted octanol–water partition coefficient (Wildman–Crippen LogP) is 2.81. The number of nitrogens with one attached hydrogen (secondary N) is 1. The molecule has 116 valence electrons. The second kappa shape index (κ2) is 5.82. The number of benzene rings is 1. The van der Waals surface area contributed by atoms with Gasteiger partial charge >= 0.3 is 6.18 Å². The molecular formula is C13H14ClF3N2O2. The topological polar surface area (TPSA) is 64.4 Å². The van der Waals surface area contributed by atoms with Gasteiger partial charge in [-0.05, 0) is 25.0 Å². The Morgan fingerprint density at radius 1 is 1.33 bits per heavy atom. The van der Waals surface area contributed by atoms with E-state index in [1.54, 1.807) is 0 Å². The van der Waals surface area contributed by atoms with Crippen LogP contribution in [0.15, 0.2) is 18.2 Å². The summed E-state index contributed by atoms with van der Waals surface area (Å²) in [5.41, 5.74) is 3.23. The highest BCUT2D eigenvalue weighted by atomic mass is 35.5. The van der Waals surface area contributed by atoms with E-state index in [1.165, 1.54) is 12.1 Å². The second-order valence-corrected chi connectivity index (χ2v) is 5.29. The zero-order valence-corrected chi connectivity index (χ0v) is 11.7. The number of nitrogens with two attached hydrogens (primary N) is 1. The summed E-state index contributed by atoms with van der Waals surface area (Å²) in [6, 6.07) is 3.31. The summed E-state index contributed by atoms with van der Waals surface area (Å²) in [6.07, 6.45) is -4.14. The van der Waals surface area contributed by atoms with E-state index in [4.69, 9.17) is 22.1 Å². The van der Waals surface area contributed by atoms with Crippen LogP contribution in [0.5, 0.6) is 0 Å². The molecule has 0 unspecified atom stereocenters. The van der Waals surface area contributed by atoms with Crippen molar-refractivity contribution in [1.29, 1.82) is 0 Å². The molecule has 21 heavy (non-hydrogen) atoms. The maximum absolute atomic E-state index is 13.0. The summed E-state index contributed by atoms with van der Waals surface area (Å²) in [4.78, 5) is 12.2. The molecule has 1 amide bonds. The lowest BCUT2D eigenvalue weighted by molar-refractivity contribution is -0.137. The van der Waals surface area contributed by atoms with Crippen LogP contribution in [-0.4, -0.2) is 24.7 Å². The Bertz CT molecular complexity index is 543. The number of carbonyl (C=O) groups is 1. The van der Waals surface area contributed by atoms with Crippen LogP contribution in [0.2, 0.25) is 5.02 Å². The van der Waals surface area contributed by atoms with Crippen LogP contribution in [0, 0.1) is 0 Å². The largest absolute Gasteiger partial charge is 0.418 e. The molecule has 0 aliphatic carbocycles. The van der Waals surface area contributed by atoms with Crippen LogP contribution in [0.1, 0.15) is 18.4 Å². The van der Waals surface area contributed by atoms with Gasteiger partial charge in [0.1, 0.15) is 5.54 Å². The first-order valence-electron chi connectivity index (χ1n) is 6.28. The molecule has 1 aliphatic rings. The quantitative estimate of drug-likeness (QED) is 0.880. The number of ether oxygens (including phenoxy) is 1. The highest BCUT2D eigenvalue weighted by Gasteiger charge is 2.39. The summed E-state index contributed by atoms with van der Waals surface area (Å²) in [5, 5.41) is 2.04. The van der Waals surface area contributed by atoms with Crippen LogP contribution < -0.4 is 11.1 Å². The zero-order valence-electron chi connectivity index (χ0n) is 11.0. The van der Waals surface area contributed by atoms with Gasteiger partial charge in [-0.2, -0.15) is 13.2 Å². The van der Waals surface area contributed by atoms with Gasteiger partial charge in [-0.3, -0.25) is 4.79 Å². The molecule has 4 nitrogen and oxygen atoms in total. The average Bonchev–Trinajstić information content (AvgIpc) is 2.40. The van der Waals surface area contributed by atoms with E-state index in [2.05, 4.69) is 5.32 Å². The van der Waals surface area contributed by atoms with Gasteiger partial charge in [-0.25, -0.2) is 0 Å². The van der Waals surface area contributed by atoms with Crippen LogP contribution in [0.25, 0.3) is 0 Å². The van der Waals surface area contributed by atoms with Gasteiger partial charge in [0, 0.05) is 13.2 Å². The Morgan fingerprint density at radius 3 is 2.52 bits per heavy atom. The first kappa shape index (κ1) is 16.1. The van der Waals surface area contributed by atoms with Gasteiger partial charge in [-0.15, -0.1) is 0 Å². The van der Waals surface area contributed by atoms with E-state index in [0.29, 0.717) is 13.2 Å². The first-order chi connectivity index (χ1) is 9.74. The predicted molar refractivity (Wildman–Crippen MR) is 72.1 cm³/mol. The summed E-state index contributed by atoms with van der Waals surface area (Å²) < 4.78 is 44.0. The molecule has 0 atom stereocenters. The van der Waals surface area contributed by atoms with Crippen LogP contribution in [0.4, 0.5) is 18.9 Å². The van der Waals surface area contributed by atoms with Crippen molar-refractivity contribution >= 4 is 23.2 Å². The molecule has 3 N–H and O–H groups in total. The minimum atomic E-state index is -4.62. The number of para-hydroxylation sites is 1. The lowest BCUT2D eigenvalue weighted by Gasteiger charge is -2.32. The molecule has 0 spiro atoms. The smallest absolute Gasteiger partial charge is 0.381 e. The molecule has 1 saturated heterocycles. The third-order valence-corrected chi connectivity index (χ3v) is 3.71. The Labute approximate surface area is 124 Å². The van der Waals surface area contributed by atoms with Crippen molar-refractivity contribution in [3.8, 4) is 0 Å². The van der Waals surface area contributed by atoms with E-state index < -0.39 is 28.9 Å². The third kappa shape index (κ3) is 3.48. The molecule has 0 aromatic heterocycles. The SMILES string of the molecule is NC1(C(=O)Nc2c(Cl)cccc2C(F)(F)F)CCOCC1. The molecule has 1 fully saturated rings. The van der Waals surface area contributed by atoms with Gasteiger partial charge in [0.15, 0.2) is 0 Å². The molecule has 0 saturated carbocycles.